The molecule has 6 aromatic rings. The smallest absolute Gasteiger partial charge is 0.303 e. The predicted octanol–water partition coefficient (Wildman–Crippen LogP) is 13.6. The van der Waals surface area contributed by atoms with E-state index in [2.05, 4.69) is 9.97 Å². The highest BCUT2D eigenvalue weighted by Gasteiger charge is 2.19. The minimum absolute atomic E-state index is 0.0628. The van der Waals surface area contributed by atoms with E-state index in [9.17, 15) is 9.59 Å². The van der Waals surface area contributed by atoms with Crippen molar-refractivity contribution in [2.45, 2.75) is 64.2 Å². The van der Waals surface area contributed by atoms with Crippen molar-refractivity contribution in [1.82, 2.24) is 19.1 Å². The number of imidazole rings is 2. The fourth-order valence-corrected chi connectivity index (χ4v) is 7.38. The number of ether oxygens (including phenoxy) is 2. The summed E-state index contributed by atoms with van der Waals surface area (Å²) in [5.74, 6) is -1.74. The largest absolute Gasteiger partial charge is 0.481 e. The summed E-state index contributed by atoms with van der Waals surface area (Å²) in [6.07, 6.45) is 11.1. The number of unbranched alkanes of at least 4 members (excludes halogenated alkanes) is 1. The summed E-state index contributed by atoms with van der Waals surface area (Å²) in [6.45, 7) is 1.78. The molecule has 0 radical (unpaired) electrons. The van der Waals surface area contributed by atoms with Gasteiger partial charge in [-0.25, -0.2) is 9.97 Å². The standard InChI is InChI=1S/2C18H14Cl4N2O.C6H10O4/c2*19-13-2-1-12(16(21)7-13)10-25-18(9-24-6-5-23-11-24)15-4-3-14(20)8-17(15)22;7-5(8)3-1-2-4-6(9)10/h2*1-8,11,18H,9-10H2;1-4H2,(H,7,8)(H,9,10)/t2*18-;/m10./s1. The van der Waals surface area contributed by atoms with Crippen molar-refractivity contribution >= 4 is 105 Å². The second kappa shape index (κ2) is 25.4. The van der Waals surface area contributed by atoms with Gasteiger partial charge in [0.1, 0.15) is 12.2 Å². The van der Waals surface area contributed by atoms with E-state index in [0.717, 1.165) is 22.3 Å². The molecular weight excluding hydrogens is 940 g/mol. The van der Waals surface area contributed by atoms with Crippen molar-refractivity contribution in [1.29, 1.82) is 0 Å². The van der Waals surface area contributed by atoms with Gasteiger partial charge in [-0.3, -0.25) is 9.59 Å². The monoisotopic (exact) mass is 974 g/mol. The summed E-state index contributed by atoms with van der Waals surface area (Å²) in [5, 5.41) is 20.8. The molecule has 0 unspecified atom stereocenters. The summed E-state index contributed by atoms with van der Waals surface area (Å²) in [7, 11) is 0. The molecular formula is C42H38Cl8N4O6. The van der Waals surface area contributed by atoms with Gasteiger partial charge in [0, 0.05) is 88.9 Å². The van der Waals surface area contributed by atoms with E-state index in [-0.39, 0.29) is 25.0 Å². The predicted molar refractivity (Wildman–Crippen MR) is 239 cm³/mol. The van der Waals surface area contributed by atoms with Gasteiger partial charge in [-0.1, -0.05) is 117 Å². The Labute approximate surface area is 387 Å². The molecule has 0 amide bonds. The van der Waals surface area contributed by atoms with Crippen LogP contribution in [0.5, 0.6) is 0 Å². The van der Waals surface area contributed by atoms with Crippen molar-refractivity contribution in [3.8, 4) is 0 Å². The van der Waals surface area contributed by atoms with E-state index in [1.54, 1.807) is 73.6 Å². The SMILES string of the molecule is Clc1ccc(CO[C@@H](Cn2ccnc2)c2ccc(Cl)cc2Cl)c(Cl)c1.Clc1ccc(CO[C@H](Cn2ccnc2)c2ccc(Cl)cc2Cl)c(Cl)c1.O=C(O)CCCCC(=O)O. The normalized spacial score (nSPS) is 11.8. The Kier molecular flexibility index (Phi) is 20.8. The Morgan fingerprint density at radius 3 is 1.18 bits per heavy atom. The number of hydrogen-bond acceptors (Lipinski definition) is 6. The van der Waals surface area contributed by atoms with Crippen molar-refractivity contribution in [3.05, 3.63) is 173 Å². The van der Waals surface area contributed by atoms with Gasteiger partial charge in [-0.05, 0) is 72.5 Å². The Morgan fingerprint density at radius 1 is 0.533 bits per heavy atom. The number of nitrogens with zero attached hydrogens (tertiary/aromatic N) is 4. The number of benzene rings is 4. The van der Waals surface area contributed by atoms with E-state index in [1.807, 2.05) is 45.8 Å². The zero-order valence-corrected chi connectivity index (χ0v) is 37.6. The first-order chi connectivity index (χ1) is 28.7. The second-order valence-corrected chi connectivity index (χ2v) is 16.3. The highest BCUT2D eigenvalue weighted by Crippen LogP contribution is 2.33. The number of carboxylic acid groups (broad SMARTS) is 2. The molecule has 10 nitrogen and oxygen atoms in total. The van der Waals surface area contributed by atoms with Gasteiger partial charge >= 0.3 is 11.9 Å². The summed E-state index contributed by atoms with van der Waals surface area (Å²) in [6, 6.07) is 21.4. The third kappa shape index (κ3) is 17.1. The molecule has 2 aromatic heterocycles. The molecule has 0 bridgehead atoms. The van der Waals surface area contributed by atoms with Crippen molar-refractivity contribution in [3.63, 3.8) is 0 Å². The number of carbonyl (C=O) groups is 2. The van der Waals surface area contributed by atoms with Gasteiger partial charge in [0.15, 0.2) is 0 Å². The van der Waals surface area contributed by atoms with E-state index in [1.165, 1.54) is 0 Å². The molecule has 2 atom stereocenters. The maximum absolute atomic E-state index is 9.90. The molecule has 0 aliphatic rings. The van der Waals surface area contributed by atoms with Crippen LogP contribution in [0.1, 0.15) is 60.1 Å². The molecule has 0 fully saturated rings. The van der Waals surface area contributed by atoms with Crippen LogP contribution >= 0.6 is 92.8 Å². The van der Waals surface area contributed by atoms with Crippen molar-refractivity contribution < 1.29 is 29.3 Å². The van der Waals surface area contributed by atoms with Crippen LogP contribution in [-0.2, 0) is 45.4 Å². The maximum atomic E-state index is 9.90. The van der Waals surface area contributed by atoms with Crippen LogP contribution in [-0.4, -0.2) is 41.3 Å². The number of hydrogen-bond donors (Lipinski definition) is 2. The van der Waals surface area contributed by atoms with Crippen LogP contribution in [0.25, 0.3) is 0 Å². The van der Waals surface area contributed by atoms with Crippen LogP contribution in [0.4, 0.5) is 0 Å². The van der Waals surface area contributed by atoms with E-state index >= 15 is 0 Å². The minimum atomic E-state index is -0.870. The first-order valence-electron chi connectivity index (χ1n) is 18.0. The third-order valence-corrected chi connectivity index (χ3v) is 10.7. The Morgan fingerprint density at radius 2 is 0.883 bits per heavy atom. The van der Waals surface area contributed by atoms with Crippen LogP contribution in [0, 0.1) is 0 Å². The molecule has 18 heteroatoms. The van der Waals surface area contributed by atoms with E-state index in [0.29, 0.717) is 79.3 Å². The number of rotatable bonds is 17. The van der Waals surface area contributed by atoms with Gasteiger partial charge in [0.2, 0.25) is 0 Å². The molecule has 0 saturated heterocycles. The minimum Gasteiger partial charge on any atom is -0.481 e. The van der Waals surface area contributed by atoms with Crippen molar-refractivity contribution in [2.75, 3.05) is 0 Å². The summed E-state index contributed by atoms with van der Waals surface area (Å²) >= 11 is 49.1. The molecule has 0 spiro atoms. The zero-order chi connectivity index (χ0) is 43.6. The number of halogens is 8. The van der Waals surface area contributed by atoms with Crippen LogP contribution in [0.3, 0.4) is 0 Å². The van der Waals surface area contributed by atoms with Crippen LogP contribution in [0.15, 0.2) is 110 Å². The fraction of sp³-hybridized carbons (Fsp3) is 0.238. The lowest BCUT2D eigenvalue weighted by Crippen LogP contribution is -2.12. The average Bonchev–Trinajstić information content (AvgIpc) is 3.91. The van der Waals surface area contributed by atoms with E-state index in [4.69, 9.17) is 112 Å². The number of carboxylic acids is 2. The van der Waals surface area contributed by atoms with Gasteiger partial charge in [-0.15, -0.1) is 0 Å². The van der Waals surface area contributed by atoms with Crippen molar-refractivity contribution in [2.24, 2.45) is 0 Å². The molecule has 0 saturated carbocycles. The summed E-state index contributed by atoms with van der Waals surface area (Å²) in [5.41, 5.74) is 3.41. The molecule has 318 valence electrons. The lowest BCUT2D eigenvalue weighted by atomic mass is 10.1. The second-order valence-electron chi connectivity index (χ2n) is 12.9. The van der Waals surface area contributed by atoms with Gasteiger partial charge in [-0.2, -0.15) is 0 Å². The first-order valence-corrected chi connectivity index (χ1v) is 21.1. The Balaban J connectivity index is 0.000000217. The number of aromatic nitrogens is 4. The molecule has 2 N–H and O–H groups in total. The Bertz CT molecular complexity index is 2120. The average molecular weight is 978 g/mol. The highest BCUT2D eigenvalue weighted by molar-refractivity contribution is 6.36. The zero-order valence-electron chi connectivity index (χ0n) is 31.5. The van der Waals surface area contributed by atoms with Crippen LogP contribution < -0.4 is 0 Å². The highest BCUT2D eigenvalue weighted by atomic mass is 35.5. The summed E-state index contributed by atoms with van der Waals surface area (Å²) < 4.78 is 16.1. The lowest BCUT2D eigenvalue weighted by Gasteiger charge is -2.21. The van der Waals surface area contributed by atoms with E-state index < -0.39 is 11.9 Å². The maximum Gasteiger partial charge on any atom is 0.303 e. The Hall–Kier alpha value is -3.52. The fourth-order valence-electron chi connectivity index (χ4n) is 5.39. The molecule has 0 aliphatic heterocycles. The number of aliphatic carboxylic acids is 2. The quantitative estimate of drug-likeness (QED) is 0.0865. The molecule has 4 aromatic carbocycles. The molecule has 2 heterocycles. The first kappa shape index (κ1) is 49.1. The molecule has 0 aliphatic carbocycles. The lowest BCUT2D eigenvalue weighted by molar-refractivity contribution is -0.139. The van der Waals surface area contributed by atoms with Gasteiger partial charge < -0.3 is 28.8 Å². The molecule has 6 rings (SSSR count). The topological polar surface area (TPSA) is 129 Å². The summed E-state index contributed by atoms with van der Waals surface area (Å²) in [4.78, 5) is 27.9. The molecule has 60 heavy (non-hydrogen) atoms. The van der Waals surface area contributed by atoms with Crippen LogP contribution in [0.2, 0.25) is 40.2 Å². The van der Waals surface area contributed by atoms with Gasteiger partial charge in [0.25, 0.3) is 0 Å². The van der Waals surface area contributed by atoms with Gasteiger partial charge in [0.05, 0.1) is 39.0 Å². The third-order valence-electron chi connectivity index (χ3n) is 8.43.